The fourth-order valence-corrected chi connectivity index (χ4v) is 4.53. The first-order valence-corrected chi connectivity index (χ1v) is 12.4. The van der Waals surface area contributed by atoms with Crippen LogP contribution in [-0.4, -0.2) is 40.9 Å². The first kappa shape index (κ1) is 26.2. The molecule has 3 aromatic carbocycles. The van der Waals surface area contributed by atoms with Crippen LogP contribution < -0.4 is 9.47 Å². The number of hydrogen-bond acceptors (Lipinski definition) is 6. The molecule has 0 saturated heterocycles. The van der Waals surface area contributed by atoms with E-state index in [9.17, 15) is 20.0 Å². The van der Waals surface area contributed by atoms with Crippen LogP contribution in [0, 0.1) is 11.3 Å². The van der Waals surface area contributed by atoms with Crippen LogP contribution in [0.5, 0.6) is 11.5 Å². The number of aromatic nitrogens is 2. The normalized spacial score (nSPS) is 11.1. The molecule has 0 aliphatic rings. The maximum atomic E-state index is 13.2. The van der Waals surface area contributed by atoms with Gasteiger partial charge in [0.05, 0.1) is 37.2 Å². The minimum absolute atomic E-state index is 0.241. The van der Waals surface area contributed by atoms with E-state index >= 15 is 0 Å². The van der Waals surface area contributed by atoms with Crippen LogP contribution in [0.1, 0.15) is 54.4 Å². The van der Waals surface area contributed by atoms with Crippen molar-refractivity contribution in [3.63, 3.8) is 0 Å². The molecule has 0 saturated carbocycles. The van der Waals surface area contributed by atoms with E-state index in [1.54, 1.807) is 99.1 Å². The lowest BCUT2D eigenvalue weighted by Gasteiger charge is -2.27. The van der Waals surface area contributed by atoms with Crippen molar-refractivity contribution in [3.05, 3.63) is 142 Å². The molecule has 3 N–H and O–H groups in total. The third kappa shape index (κ3) is 4.77. The van der Waals surface area contributed by atoms with E-state index < -0.39 is 5.60 Å². The number of aromatic amines is 2. The second-order valence-corrected chi connectivity index (χ2v) is 9.12. The third-order valence-corrected chi connectivity index (χ3v) is 6.81. The van der Waals surface area contributed by atoms with Crippen molar-refractivity contribution in [2.24, 2.45) is 0 Å². The van der Waals surface area contributed by atoms with E-state index in [1.165, 1.54) is 12.4 Å². The molecular weight excluding hydrogens is 506 g/mol. The van der Waals surface area contributed by atoms with Crippen molar-refractivity contribution in [1.29, 1.82) is 5.26 Å². The van der Waals surface area contributed by atoms with E-state index in [1.807, 2.05) is 0 Å². The molecule has 0 radical (unpaired) electrons. The van der Waals surface area contributed by atoms with Gasteiger partial charge in [0.25, 0.3) is 0 Å². The molecule has 0 spiro atoms. The van der Waals surface area contributed by atoms with E-state index in [-0.39, 0.29) is 11.6 Å². The van der Waals surface area contributed by atoms with Gasteiger partial charge in [-0.25, -0.2) is 0 Å². The number of benzene rings is 3. The number of hydrogen-bond donors (Lipinski definition) is 3. The molecule has 0 atom stereocenters. The summed E-state index contributed by atoms with van der Waals surface area (Å²) in [6.07, 6.45) is 3.06. The summed E-state index contributed by atoms with van der Waals surface area (Å²) in [7, 11) is 3.10. The van der Waals surface area contributed by atoms with E-state index in [0.29, 0.717) is 56.3 Å². The van der Waals surface area contributed by atoms with E-state index in [4.69, 9.17) is 9.47 Å². The van der Waals surface area contributed by atoms with Gasteiger partial charge in [-0.2, -0.15) is 5.26 Å². The smallest absolute Gasteiger partial charge is 0.194 e. The van der Waals surface area contributed by atoms with Crippen molar-refractivity contribution in [2.45, 2.75) is 5.60 Å². The predicted molar refractivity (Wildman–Crippen MR) is 148 cm³/mol. The second-order valence-electron chi connectivity index (χ2n) is 9.12. The average molecular weight is 532 g/mol. The summed E-state index contributed by atoms with van der Waals surface area (Å²) >= 11 is 0. The maximum absolute atomic E-state index is 13.2. The van der Waals surface area contributed by atoms with Gasteiger partial charge in [0.2, 0.25) is 0 Å². The van der Waals surface area contributed by atoms with Crippen molar-refractivity contribution < 1.29 is 24.2 Å². The summed E-state index contributed by atoms with van der Waals surface area (Å²) in [4.78, 5) is 32.5. The molecule has 0 unspecified atom stereocenters. The standard InChI is InChI=1S/C32H25N3O5/c1-39-26-11-5-21(6-12-26)30(36)23-15-28(34-18-23)32(38,25-9-3-20(17-33)4-10-25)29-16-24(19-35-29)31(37)22-7-13-27(40-2)14-8-22/h3-16,18-19,34-35,38H,1-2H3. The Labute approximate surface area is 230 Å². The Morgan fingerprint density at radius 1 is 0.700 bits per heavy atom. The molecule has 8 heteroatoms. The zero-order chi connectivity index (χ0) is 28.3. The summed E-state index contributed by atoms with van der Waals surface area (Å²) < 4.78 is 10.3. The van der Waals surface area contributed by atoms with Crippen molar-refractivity contribution in [3.8, 4) is 17.6 Å². The Bertz CT molecular complexity index is 1610. The number of carbonyl (C=O) groups is 2. The van der Waals surface area contributed by atoms with Gasteiger partial charge in [0, 0.05) is 34.6 Å². The summed E-state index contributed by atoms with van der Waals surface area (Å²) in [5, 5.41) is 21.5. The van der Waals surface area contributed by atoms with Gasteiger partial charge in [0.1, 0.15) is 11.5 Å². The summed E-state index contributed by atoms with van der Waals surface area (Å²) in [6, 6.07) is 25.2. The van der Waals surface area contributed by atoms with Crippen LogP contribution in [0.2, 0.25) is 0 Å². The molecule has 40 heavy (non-hydrogen) atoms. The molecule has 2 heterocycles. The molecule has 5 aromatic rings. The van der Waals surface area contributed by atoms with Crippen molar-refractivity contribution in [2.75, 3.05) is 14.2 Å². The Kier molecular flexibility index (Phi) is 7.06. The molecular formula is C32H25N3O5. The van der Waals surface area contributed by atoms with E-state index in [2.05, 4.69) is 16.0 Å². The number of rotatable bonds is 9. The molecule has 0 bridgehead atoms. The zero-order valence-electron chi connectivity index (χ0n) is 21.8. The number of H-pyrrole nitrogens is 2. The predicted octanol–water partition coefficient (Wildman–Crippen LogP) is 4.98. The topological polar surface area (TPSA) is 128 Å². The first-order chi connectivity index (χ1) is 19.4. The highest BCUT2D eigenvalue weighted by molar-refractivity contribution is 6.09. The fraction of sp³-hybridized carbons (Fsp3) is 0.0938. The van der Waals surface area contributed by atoms with Crippen LogP contribution in [0.4, 0.5) is 0 Å². The quantitative estimate of drug-likeness (QED) is 0.230. The Hall–Kier alpha value is -5.39. The highest BCUT2D eigenvalue weighted by Crippen LogP contribution is 2.37. The fourth-order valence-electron chi connectivity index (χ4n) is 4.53. The lowest BCUT2D eigenvalue weighted by Crippen LogP contribution is -2.29. The van der Waals surface area contributed by atoms with Gasteiger partial charge in [-0.05, 0) is 78.4 Å². The molecule has 8 nitrogen and oxygen atoms in total. The van der Waals surface area contributed by atoms with Crippen LogP contribution in [0.25, 0.3) is 0 Å². The van der Waals surface area contributed by atoms with Gasteiger partial charge in [-0.15, -0.1) is 0 Å². The number of nitrogens with one attached hydrogen (secondary N) is 2. The van der Waals surface area contributed by atoms with Crippen LogP contribution in [0.15, 0.2) is 97.3 Å². The van der Waals surface area contributed by atoms with Gasteiger partial charge in [0.15, 0.2) is 17.2 Å². The molecule has 198 valence electrons. The second kappa shape index (κ2) is 10.8. The molecule has 5 rings (SSSR count). The third-order valence-electron chi connectivity index (χ3n) is 6.81. The number of nitrogens with zero attached hydrogens (tertiary/aromatic N) is 1. The van der Waals surface area contributed by atoms with Gasteiger partial charge in [-0.3, -0.25) is 9.59 Å². The highest BCUT2D eigenvalue weighted by atomic mass is 16.5. The molecule has 0 aliphatic carbocycles. The number of nitriles is 1. The minimum Gasteiger partial charge on any atom is -0.497 e. The number of carbonyl (C=O) groups excluding carboxylic acids is 2. The van der Waals surface area contributed by atoms with Gasteiger partial charge >= 0.3 is 0 Å². The summed E-state index contributed by atoms with van der Waals surface area (Å²) in [5.74, 6) is 0.782. The van der Waals surface area contributed by atoms with Crippen LogP contribution in [-0.2, 0) is 5.60 Å². The maximum Gasteiger partial charge on any atom is 0.194 e. The Morgan fingerprint density at radius 2 is 1.12 bits per heavy atom. The zero-order valence-corrected chi connectivity index (χ0v) is 21.8. The average Bonchev–Trinajstić information content (AvgIpc) is 3.72. The van der Waals surface area contributed by atoms with Crippen LogP contribution >= 0.6 is 0 Å². The monoisotopic (exact) mass is 531 g/mol. The first-order valence-electron chi connectivity index (χ1n) is 12.4. The molecule has 0 fully saturated rings. The van der Waals surface area contributed by atoms with E-state index in [0.717, 1.165) is 0 Å². The Balaban J connectivity index is 1.54. The SMILES string of the molecule is COc1ccc(C(=O)c2c[nH]c(C(O)(c3ccc(C#N)cc3)c3cc(C(=O)c4ccc(OC)cc4)c[nH]3)c2)cc1. The number of ketones is 2. The number of ether oxygens (including phenoxy) is 2. The van der Waals surface area contributed by atoms with Crippen LogP contribution in [0.3, 0.4) is 0 Å². The number of aliphatic hydroxyl groups is 1. The van der Waals surface area contributed by atoms with Crippen molar-refractivity contribution >= 4 is 11.6 Å². The summed E-state index contributed by atoms with van der Waals surface area (Å²) in [5.41, 5.74) is 1.27. The van der Waals surface area contributed by atoms with Crippen molar-refractivity contribution in [1.82, 2.24) is 9.97 Å². The lowest BCUT2D eigenvalue weighted by atomic mass is 9.86. The lowest BCUT2D eigenvalue weighted by molar-refractivity contribution is 0.103. The summed E-state index contributed by atoms with van der Waals surface area (Å²) in [6.45, 7) is 0. The molecule has 0 amide bonds. The Morgan fingerprint density at radius 3 is 1.50 bits per heavy atom. The van der Waals surface area contributed by atoms with Gasteiger partial charge < -0.3 is 24.5 Å². The number of methoxy groups -OCH3 is 2. The largest absolute Gasteiger partial charge is 0.497 e. The highest BCUT2D eigenvalue weighted by Gasteiger charge is 2.38. The molecule has 0 aliphatic heterocycles. The minimum atomic E-state index is -1.80. The van der Waals surface area contributed by atoms with Gasteiger partial charge in [-0.1, -0.05) is 12.1 Å². The molecule has 2 aromatic heterocycles.